The Morgan fingerprint density at radius 2 is 1.86 bits per heavy atom. The molecule has 0 bridgehead atoms. The number of nitrogens with zero attached hydrogens (tertiary/aromatic N) is 4. The van der Waals surface area contributed by atoms with Crippen LogP contribution in [0.3, 0.4) is 0 Å². The van der Waals surface area contributed by atoms with Gasteiger partial charge in [-0.3, -0.25) is 4.79 Å². The lowest BCUT2D eigenvalue weighted by Gasteiger charge is -2.35. The number of piperazine rings is 1. The van der Waals surface area contributed by atoms with E-state index in [0.717, 1.165) is 45.8 Å². The molecule has 1 fully saturated rings. The molecule has 2 aromatic heterocycles. The van der Waals surface area contributed by atoms with Gasteiger partial charge in [0.05, 0.1) is 4.47 Å². The quantitative estimate of drug-likeness (QED) is 0.663. The minimum Gasteiger partial charge on any atom is -0.353 e. The number of nitrogens with one attached hydrogen (secondary N) is 1. The zero-order valence-corrected chi connectivity index (χ0v) is 18.0. The van der Waals surface area contributed by atoms with Crippen LogP contribution in [-0.4, -0.2) is 51.9 Å². The summed E-state index contributed by atoms with van der Waals surface area (Å²) in [5.74, 6) is 2.15. The first kappa shape index (κ1) is 18.9. The van der Waals surface area contributed by atoms with E-state index in [0.29, 0.717) is 24.7 Å². The molecule has 1 aliphatic rings. The molecule has 3 heterocycles. The second-order valence-electron chi connectivity index (χ2n) is 7.52. The van der Waals surface area contributed by atoms with Crippen molar-refractivity contribution in [3.8, 4) is 0 Å². The summed E-state index contributed by atoms with van der Waals surface area (Å²) in [7, 11) is 0. The van der Waals surface area contributed by atoms with Crippen LogP contribution in [0.4, 0.5) is 5.82 Å². The predicted molar refractivity (Wildman–Crippen MR) is 115 cm³/mol. The molecule has 7 heteroatoms. The summed E-state index contributed by atoms with van der Waals surface area (Å²) in [5, 5.41) is 1.03. The van der Waals surface area contributed by atoms with Crippen LogP contribution < -0.4 is 4.90 Å². The number of H-pyrrole nitrogens is 1. The van der Waals surface area contributed by atoms with Crippen molar-refractivity contribution in [3.63, 3.8) is 0 Å². The van der Waals surface area contributed by atoms with Crippen LogP contribution in [0.15, 0.2) is 34.8 Å². The van der Waals surface area contributed by atoms with Crippen molar-refractivity contribution in [1.29, 1.82) is 0 Å². The van der Waals surface area contributed by atoms with E-state index in [-0.39, 0.29) is 5.91 Å². The van der Waals surface area contributed by atoms with Crippen LogP contribution in [0.2, 0.25) is 0 Å². The van der Waals surface area contributed by atoms with Crippen molar-refractivity contribution in [2.45, 2.75) is 26.7 Å². The highest BCUT2D eigenvalue weighted by Gasteiger charge is 2.26. The van der Waals surface area contributed by atoms with Crippen molar-refractivity contribution in [2.24, 2.45) is 0 Å². The Balaban J connectivity index is 1.49. The van der Waals surface area contributed by atoms with Crippen LogP contribution in [0.25, 0.3) is 10.9 Å². The molecule has 6 nitrogen and oxygen atoms in total. The van der Waals surface area contributed by atoms with Crippen molar-refractivity contribution < 1.29 is 4.79 Å². The van der Waals surface area contributed by atoms with E-state index in [2.05, 4.69) is 44.6 Å². The zero-order valence-electron chi connectivity index (χ0n) is 16.4. The Morgan fingerprint density at radius 3 is 2.54 bits per heavy atom. The van der Waals surface area contributed by atoms with E-state index in [4.69, 9.17) is 4.98 Å². The van der Waals surface area contributed by atoms with Gasteiger partial charge >= 0.3 is 0 Å². The molecule has 0 unspecified atom stereocenters. The number of amides is 1. The normalized spacial score (nSPS) is 14.9. The van der Waals surface area contributed by atoms with Crippen LogP contribution >= 0.6 is 15.9 Å². The van der Waals surface area contributed by atoms with Crippen LogP contribution in [0, 0.1) is 6.92 Å². The van der Waals surface area contributed by atoms with E-state index in [9.17, 15) is 4.79 Å². The predicted octanol–water partition coefficient (Wildman–Crippen LogP) is 4.11. The molecule has 1 aromatic carbocycles. The van der Waals surface area contributed by atoms with E-state index in [1.54, 1.807) is 0 Å². The third-order valence-corrected chi connectivity index (χ3v) is 5.95. The Morgan fingerprint density at radius 1 is 1.14 bits per heavy atom. The number of benzene rings is 1. The van der Waals surface area contributed by atoms with Gasteiger partial charge in [0, 0.05) is 54.8 Å². The van der Waals surface area contributed by atoms with Gasteiger partial charge in [-0.1, -0.05) is 32.0 Å². The number of fused-ring (bicyclic) bond motifs is 1. The molecule has 0 aliphatic carbocycles. The molecule has 1 saturated heterocycles. The highest BCUT2D eigenvalue weighted by atomic mass is 79.9. The maximum Gasteiger partial charge on any atom is 0.271 e. The fourth-order valence-electron chi connectivity index (χ4n) is 3.55. The number of carbonyl (C=O) groups excluding carboxylic acids is 1. The van der Waals surface area contributed by atoms with Crippen LogP contribution in [0.5, 0.6) is 0 Å². The number of para-hydroxylation sites is 1. The largest absolute Gasteiger partial charge is 0.353 e. The molecular formula is C21H24BrN5O. The van der Waals surface area contributed by atoms with Crippen molar-refractivity contribution >= 4 is 38.6 Å². The van der Waals surface area contributed by atoms with Crippen molar-refractivity contribution in [1.82, 2.24) is 19.9 Å². The number of hydrogen-bond donors (Lipinski definition) is 1. The Kier molecular flexibility index (Phi) is 5.10. The number of rotatable bonds is 3. The van der Waals surface area contributed by atoms with E-state index >= 15 is 0 Å². The number of aryl methyl sites for hydroxylation is 1. The van der Waals surface area contributed by atoms with Gasteiger partial charge in [-0.25, -0.2) is 9.97 Å². The fraction of sp³-hybridized carbons (Fsp3) is 0.381. The third kappa shape index (κ3) is 3.51. The van der Waals surface area contributed by atoms with Gasteiger partial charge < -0.3 is 14.8 Å². The molecule has 1 amide bonds. The SMILES string of the molecule is Cc1cc(N2CCN(C(=O)c3[nH]c4ccccc4c3Br)CC2)nc(C(C)C)n1. The van der Waals surface area contributed by atoms with Gasteiger partial charge in [-0.2, -0.15) is 0 Å². The molecule has 4 rings (SSSR count). The lowest BCUT2D eigenvalue weighted by molar-refractivity contribution is 0.0740. The molecule has 0 spiro atoms. The number of aromatic amines is 1. The van der Waals surface area contributed by atoms with Crippen molar-refractivity contribution in [2.75, 3.05) is 31.1 Å². The maximum absolute atomic E-state index is 13.1. The van der Waals surface area contributed by atoms with Gasteiger partial charge in [-0.15, -0.1) is 0 Å². The average Bonchev–Trinajstić information content (AvgIpc) is 3.04. The lowest BCUT2D eigenvalue weighted by Crippen LogP contribution is -2.49. The summed E-state index contributed by atoms with van der Waals surface area (Å²) in [5.41, 5.74) is 2.57. The molecule has 0 atom stereocenters. The monoisotopic (exact) mass is 441 g/mol. The summed E-state index contributed by atoms with van der Waals surface area (Å²) in [6.45, 7) is 9.07. The Labute approximate surface area is 173 Å². The molecule has 1 N–H and O–H groups in total. The van der Waals surface area contributed by atoms with Crippen LogP contribution in [0.1, 0.15) is 41.8 Å². The molecular weight excluding hydrogens is 418 g/mol. The molecule has 0 radical (unpaired) electrons. The first-order valence-corrected chi connectivity index (χ1v) is 10.4. The summed E-state index contributed by atoms with van der Waals surface area (Å²) in [6.07, 6.45) is 0. The highest BCUT2D eigenvalue weighted by Crippen LogP contribution is 2.29. The third-order valence-electron chi connectivity index (χ3n) is 5.12. The Hall–Kier alpha value is -2.41. The summed E-state index contributed by atoms with van der Waals surface area (Å²) in [6, 6.07) is 9.96. The maximum atomic E-state index is 13.1. The lowest BCUT2D eigenvalue weighted by atomic mass is 10.2. The Bertz CT molecular complexity index is 1020. The van der Waals surface area contributed by atoms with Gasteiger partial charge in [0.25, 0.3) is 5.91 Å². The van der Waals surface area contributed by atoms with E-state index in [1.807, 2.05) is 42.2 Å². The second kappa shape index (κ2) is 7.54. The molecule has 28 heavy (non-hydrogen) atoms. The summed E-state index contributed by atoms with van der Waals surface area (Å²) >= 11 is 3.59. The smallest absolute Gasteiger partial charge is 0.271 e. The average molecular weight is 442 g/mol. The molecule has 1 aliphatic heterocycles. The van der Waals surface area contributed by atoms with E-state index < -0.39 is 0 Å². The number of carbonyl (C=O) groups is 1. The highest BCUT2D eigenvalue weighted by molar-refractivity contribution is 9.10. The number of halogens is 1. The molecule has 3 aromatic rings. The van der Waals surface area contributed by atoms with E-state index in [1.165, 1.54) is 0 Å². The topological polar surface area (TPSA) is 65.1 Å². The molecule has 146 valence electrons. The van der Waals surface area contributed by atoms with Gasteiger partial charge in [0.2, 0.25) is 0 Å². The minimum atomic E-state index is 0.0319. The molecule has 0 saturated carbocycles. The van der Waals surface area contributed by atoms with Gasteiger partial charge in [-0.05, 0) is 28.9 Å². The zero-order chi connectivity index (χ0) is 19.8. The van der Waals surface area contributed by atoms with Gasteiger partial charge in [0.1, 0.15) is 17.3 Å². The van der Waals surface area contributed by atoms with Gasteiger partial charge in [0.15, 0.2) is 0 Å². The fourth-order valence-corrected chi connectivity index (χ4v) is 4.16. The summed E-state index contributed by atoms with van der Waals surface area (Å²) in [4.78, 5) is 29.7. The number of hydrogen-bond acceptors (Lipinski definition) is 4. The first-order chi connectivity index (χ1) is 13.4. The first-order valence-electron chi connectivity index (χ1n) is 9.60. The summed E-state index contributed by atoms with van der Waals surface area (Å²) < 4.78 is 0.837. The second-order valence-corrected chi connectivity index (χ2v) is 8.31. The number of anilines is 1. The van der Waals surface area contributed by atoms with Crippen molar-refractivity contribution in [3.05, 3.63) is 52.0 Å². The number of aromatic nitrogens is 3. The standard InChI is InChI=1S/C21H24BrN5O/c1-13(2)20-23-14(3)12-17(25-20)26-8-10-27(11-9-26)21(28)19-18(22)15-6-4-5-7-16(15)24-19/h4-7,12-13,24H,8-11H2,1-3H3. The minimum absolute atomic E-state index is 0.0319. The van der Waals surface area contributed by atoms with Crippen LogP contribution in [-0.2, 0) is 0 Å².